The number of nitro groups is 1. The van der Waals surface area contributed by atoms with Crippen LogP contribution in [-0.4, -0.2) is 26.4 Å². The number of hydrogen-bond acceptors (Lipinski definition) is 5. The van der Waals surface area contributed by atoms with Crippen molar-refractivity contribution in [2.75, 3.05) is 11.1 Å². The lowest BCUT2D eigenvalue weighted by Gasteiger charge is -2.16. The van der Waals surface area contributed by atoms with Crippen LogP contribution in [0.4, 0.5) is 11.5 Å². The molecule has 2 atom stereocenters. The van der Waals surface area contributed by atoms with Crippen molar-refractivity contribution in [2.45, 2.75) is 31.6 Å². The lowest BCUT2D eigenvalue weighted by molar-refractivity contribution is -0.384. The van der Waals surface area contributed by atoms with Crippen molar-refractivity contribution in [1.29, 1.82) is 0 Å². The number of anilines is 1. The second-order valence-corrected chi connectivity index (χ2v) is 7.02. The van der Waals surface area contributed by atoms with Gasteiger partial charge in [0.05, 0.1) is 21.5 Å². The molecule has 0 spiro atoms. The van der Waals surface area contributed by atoms with Gasteiger partial charge in [-0.15, -0.1) is 11.8 Å². The van der Waals surface area contributed by atoms with Gasteiger partial charge in [-0.05, 0) is 18.9 Å². The number of benzene rings is 1. The van der Waals surface area contributed by atoms with Crippen LogP contribution in [0, 0.1) is 10.1 Å². The standard InChI is InChI=1S/C16H18N4O4S/c1-3-9(2)19-15-13(16(22)18-19)14(25-8-12(21)17-15)10-5-4-6-11(7-10)20(23)24/h4-7,9,14H,3,8H2,1-2H3,(H,17,21)(H,18,22)/t9-,14-/m1/s1. The van der Waals surface area contributed by atoms with E-state index in [9.17, 15) is 19.7 Å². The second kappa shape index (κ2) is 6.75. The summed E-state index contributed by atoms with van der Waals surface area (Å²) in [4.78, 5) is 35.3. The number of hydrogen-bond donors (Lipinski definition) is 2. The summed E-state index contributed by atoms with van der Waals surface area (Å²) >= 11 is 1.29. The Hall–Kier alpha value is -2.55. The number of rotatable bonds is 4. The molecule has 132 valence electrons. The predicted octanol–water partition coefficient (Wildman–Crippen LogP) is 2.83. The molecule has 0 saturated carbocycles. The van der Waals surface area contributed by atoms with Gasteiger partial charge in [0.2, 0.25) is 5.91 Å². The highest BCUT2D eigenvalue weighted by atomic mass is 32.2. The molecule has 8 nitrogen and oxygen atoms in total. The van der Waals surface area contributed by atoms with E-state index in [4.69, 9.17) is 0 Å². The lowest BCUT2D eigenvalue weighted by atomic mass is 10.1. The smallest absolute Gasteiger partial charge is 0.270 e. The Labute approximate surface area is 147 Å². The van der Waals surface area contributed by atoms with Gasteiger partial charge in [-0.2, -0.15) is 0 Å². The summed E-state index contributed by atoms with van der Waals surface area (Å²) in [6.07, 6.45) is 0.779. The molecule has 2 aromatic rings. The van der Waals surface area contributed by atoms with Gasteiger partial charge < -0.3 is 5.32 Å². The van der Waals surface area contributed by atoms with Crippen LogP contribution in [-0.2, 0) is 4.79 Å². The molecule has 25 heavy (non-hydrogen) atoms. The average Bonchev–Trinajstić information content (AvgIpc) is 2.80. The molecular formula is C16H18N4O4S. The summed E-state index contributed by atoms with van der Waals surface area (Å²) in [6, 6.07) is 6.20. The number of aromatic amines is 1. The highest BCUT2D eigenvalue weighted by molar-refractivity contribution is 8.00. The van der Waals surface area contributed by atoms with E-state index in [1.54, 1.807) is 16.8 Å². The highest BCUT2D eigenvalue weighted by Gasteiger charge is 2.31. The fourth-order valence-electron chi connectivity index (χ4n) is 2.82. The molecule has 1 aromatic heterocycles. The van der Waals surface area contributed by atoms with Crippen molar-refractivity contribution in [1.82, 2.24) is 9.78 Å². The van der Waals surface area contributed by atoms with Crippen molar-refractivity contribution in [3.05, 3.63) is 55.9 Å². The number of carbonyl (C=O) groups excluding carboxylic acids is 1. The van der Waals surface area contributed by atoms with Crippen molar-refractivity contribution in [3.8, 4) is 0 Å². The zero-order chi connectivity index (χ0) is 18.1. The lowest BCUT2D eigenvalue weighted by Crippen LogP contribution is -2.18. The summed E-state index contributed by atoms with van der Waals surface area (Å²) in [7, 11) is 0. The molecule has 2 heterocycles. The Morgan fingerprint density at radius 1 is 1.44 bits per heavy atom. The quantitative estimate of drug-likeness (QED) is 0.642. The molecule has 0 saturated heterocycles. The summed E-state index contributed by atoms with van der Waals surface area (Å²) in [5.74, 6) is 0.420. The van der Waals surface area contributed by atoms with E-state index < -0.39 is 10.2 Å². The van der Waals surface area contributed by atoms with E-state index >= 15 is 0 Å². The molecule has 2 N–H and O–H groups in total. The third-order valence-corrected chi connectivity index (χ3v) is 5.55. The van der Waals surface area contributed by atoms with Gasteiger partial charge in [0.15, 0.2) is 0 Å². The average molecular weight is 362 g/mol. The first-order chi connectivity index (χ1) is 11.9. The molecule has 1 aliphatic heterocycles. The second-order valence-electron chi connectivity index (χ2n) is 5.92. The molecule has 1 aromatic carbocycles. The first-order valence-corrected chi connectivity index (χ1v) is 8.97. The SMILES string of the molecule is CC[C@@H](C)n1[nH]c(=O)c2c1NC(=O)CS[C@@H]2c1cccc([N+](=O)[O-])c1. The Kier molecular flexibility index (Phi) is 4.67. The van der Waals surface area contributed by atoms with Gasteiger partial charge in [0.25, 0.3) is 11.2 Å². The van der Waals surface area contributed by atoms with Gasteiger partial charge in [-0.25, -0.2) is 0 Å². The van der Waals surface area contributed by atoms with E-state index in [0.29, 0.717) is 16.9 Å². The van der Waals surface area contributed by atoms with Crippen molar-refractivity contribution >= 4 is 29.2 Å². The molecule has 3 rings (SSSR count). The van der Waals surface area contributed by atoms with Crippen molar-refractivity contribution in [3.63, 3.8) is 0 Å². The van der Waals surface area contributed by atoms with Crippen LogP contribution >= 0.6 is 11.8 Å². The van der Waals surface area contributed by atoms with Gasteiger partial charge in [0, 0.05) is 18.2 Å². The Balaban J connectivity index is 2.16. The maximum absolute atomic E-state index is 12.6. The largest absolute Gasteiger partial charge is 0.310 e. The fourth-order valence-corrected chi connectivity index (χ4v) is 3.94. The number of nitrogens with one attached hydrogen (secondary N) is 2. The number of fused-ring (bicyclic) bond motifs is 1. The third kappa shape index (κ3) is 3.19. The van der Waals surface area contributed by atoms with Gasteiger partial charge >= 0.3 is 0 Å². The minimum absolute atomic E-state index is 0.00519. The normalized spacial score (nSPS) is 18.2. The number of carbonyl (C=O) groups is 1. The van der Waals surface area contributed by atoms with Crippen LogP contribution < -0.4 is 10.9 Å². The minimum atomic E-state index is -0.469. The Bertz CT molecular complexity index is 889. The first-order valence-electron chi connectivity index (χ1n) is 7.92. The van der Waals surface area contributed by atoms with Crippen LogP contribution in [0.25, 0.3) is 0 Å². The molecule has 0 aliphatic carbocycles. The minimum Gasteiger partial charge on any atom is -0.310 e. The van der Waals surface area contributed by atoms with Crippen LogP contribution in [0.2, 0.25) is 0 Å². The number of amides is 1. The van der Waals surface area contributed by atoms with Gasteiger partial charge in [-0.1, -0.05) is 19.1 Å². The molecule has 0 fully saturated rings. The van der Waals surface area contributed by atoms with Gasteiger partial charge in [0.1, 0.15) is 5.82 Å². The van der Waals surface area contributed by atoms with Crippen molar-refractivity contribution in [2.24, 2.45) is 0 Å². The van der Waals surface area contributed by atoms with Gasteiger partial charge in [-0.3, -0.25) is 29.5 Å². The molecule has 1 amide bonds. The summed E-state index contributed by atoms with van der Waals surface area (Å²) in [5.41, 5.74) is 0.725. The fraction of sp³-hybridized carbons (Fsp3) is 0.375. The number of aromatic nitrogens is 2. The van der Waals surface area contributed by atoms with E-state index in [1.807, 2.05) is 13.8 Å². The number of nitro benzene ring substituents is 1. The molecular weight excluding hydrogens is 344 g/mol. The summed E-state index contributed by atoms with van der Waals surface area (Å²) in [5, 5.41) is 16.2. The maximum Gasteiger partial charge on any atom is 0.270 e. The molecule has 0 bridgehead atoms. The van der Waals surface area contributed by atoms with Crippen LogP contribution in [0.1, 0.15) is 42.7 Å². The molecule has 1 aliphatic rings. The Morgan fingerprint density at radius 2 is 2.20 bits per heavy atom. The maximum atomic E-state index is 12.6. The van der Waals surface area contributed by atoms with Crippen LogP contribution in [0.5, 0.6) is 0 Å². The van der Waals surface area contributed by atoms with E-state index in [1.165, 1.54) is 23.9 Å². The van der Waals surface area contributed by atoms with E-state index in [2.05, 4.69) is 10.4 Å². The molecule has 0 unspecified atom stereocenters. The van der Waals surface area contributed by atoms with E-state index in [-0.39, 0.29) is 28.9 Å². The first kappa shape index (κ1) is 17.3. The third-order valence-electron chi connectivity index (χ3n) is 4.28. The summed E-state index contributed by atoms with van der Waals surface area (Å²) < 4.78 is 1.67. The number of thioether (sulfide) groups is 1. The zero-order valence-electron chi connectivity index (χ0n) is 13.8. The van der Waals surface area contributed by atoms with E-state index in [0.717, 1.165) is 6.42 Å². The van der Waals surface area contributed by atoms with Crippen LogP contribution in [0.3, 0.4) is 0 Å². The number of nitrogens with zero attached hydrogens (tertiary/aromatic N) is 2. The predicted molar refractivity (Wildman–Crippen MR) is 96.1 cm³/mol. The molecule has 0 radical (unpaired) electrons. The topological polar surface area (TPSA) is 110 Å². The highest BCUT2D eigenvalue weighted by Crippen LogP contribution is 2.41. The van der Waals surface area contributed by atoms with Crippen LogP contribution in [0.15, 0.2) is 29.1 Å². The van der Waals surface area contributed by atoms with Crippen molar-refractivity contribution < 1.29 is 9.72 Å². The zero-order valence-corrected chi connectivity index (χ0v) is 14.6. The number of non-ortho nitro benzene ring substituents is 1. The monoisotopic (exact) mass is 362 g/mol. The molecule has 9 heteroatoms. The Morgan fingerprint density at radius 3 is 2.88 bits per heavy atom. The summed E-state index contributed by atoms with van der Waals surface area (Å²) in [6.45, 7) is 3.93. The number of H-pyrrole nitrogens is 1.